The number of rotatable bonds is 3. The monoisotopic (exact) mass is 319 g/mol. The average molecular weight is 320 g/mol. The summed E-state index contributed by atoms with van der Waals surface area (Å²) < 4.78 is 39.7. The maximum absolute atomic E-state index is 13.7. The summed E-state index contributed by atoms with van der Waals surface area (Å²) in [6, 6.07) is 5.97. The van der Waals surface area contributed by atoms with Gasteiger partial charge in [-0.1, -0.05) is 35.3 Å². The molecule has 0 aromatic heterocycles. The zero-order chi connectivity index (χ0) is 14.9. The third-order valence-corrected chi connectivity index (χ3v) is 3.66. The molecule has 0 amide bonds. The summed E-state index contributed by atoms with van der Waals surface area (Å²) in [4.78, 5) is 0. The fraction of sp³-hybridized carbons (Fsp3) is 0.143. The van der Waals surface area contributed by atoms with E-state index in [-0.39, 0.29) is 12.0 Å². The Labute approximate surface area is 124 Å². The summed E-state index contributed by atoms with van der Waals surface area (Å²) in [5, 5.41) is 0.770. The third kappa shape index (κ3) is 2.92. The standard InChI is InChI=1S/C14H10Cl2F3N/c15-9-2-1-3-10(16)8(9)6-12(20)7-4-5-11(17)14(19)13(7)18/h1-5,12H,6,20H2. The Morgan fingerprint density at radius 1 is 0.950 bits per heavy atom. The van der Waals surface area contributed by atoms with Crippen LogP contribution in [0.1, 0.15) is 17.2 Å². The van der Waals surface area contributed by atoms with Gasteiger partial charge < -0.3 is 5.73 Å². The van der Waals surface area contributed by atoms with E-state index in [1.165, 1.54) is 0 Å². The highest BCUT2D eigenvalue weighted by Crippen LogP contribution is 2.30. The molecule has 0 fully saturated rings. The van der Waals surface area contributed by atoms with Gasteiger partial charge in [0, 0.05) is 21.7 Å². The van der Waals surface area contributed by atoms with Crippen molar-refractivity contribution in [3.63, 3.8) is 0 Å². The van der Waals surface area contributed by atoms with Crippen LogP contribution >= 0.6 is 23.2 Å². The second-order valence-corrected chi connectivity index (χ2v) is 5.09. The van der Waals surface area contributed by atoms with Crippen LogP contribution in [0.4, 0.5) is 13.2 Å². The maximum Gasteiger partial charge on any atom is 0.194 e. The number of hydrogen-bond acceptors (Lipinski definition) is 1. The summed E-state index contributed by atoms with van der Waals surface area (Å²) in [6.45, 7) is 0. The molecule has 20 heavy (non-hydrogen) atoms. The first-order valence-electron chi connectivity index (χ1n) is 5.73. The molecule has 1 atom stereocenters. The molecule has 2 rings (SSSR count). The van der Waals surface area contributed by atoms with Crippen molar-refractivity contribution >= 4 is 23.2 Å². The lowest BCUT2D eigenvalue weighted by Gasteiger charge is -2.15. The Hall–Kier alpha value is -1.23. The van der Waals surface area contributed by atoms with Crippen molar-refractivity contribution in [2.75, 3.05) is 0 Å². The van der Waals surface area contributed by atoms with Crippen LogP contribution in [-0.2, 0) is 6.42 Å². The van der Waals surface area contributed by atoms with Crippen LogP contribution in [0.15, 0.2) is 30.3 Å². The van der Waals surface area contributed by atoms with E-state index in [1.807, 2.05) is 0 Å². The minimum atomic E-state index is -1.54. The molecule has 6 heteroatoms. The lowest BCUT2D eigenvalue weighted by molar-refractivity contribution is 0.435. The molecule has 0 aliphatic heterocycles. The molecule has 0 radical (unpaired) electrons. The molecular weight excluding hydrogens is 310 g/mol. The topological polar surface area (TPSA) is 26.0 Å². The Bertz CT molecular complexity index is 626. The van der Waals surface area contributed by atoms with Gasteiger partial charge in [0.05, 0.1) is 0 Å². The van der Waals surface area contributed by atoms with E-state index in [2.05, 4.69) is 0 Å². The summed E-state index contributed by atoms with van der Waals surface area (Å²) in [5.41, 5.74) is 6.25. The van der Waals surface area contributed by atoms with Crippen molar-refractivity contribution in [2.45, 2.75) is 12.5 Å². The van der Waals surface area contributed by atoms with Crippen molar-refractivity contribution in [1.82, 2.24) is 0 Å². The van der Waals surface area contributed by atoms with E-state index in [9.17, 15) is 13.2 Å². The predicted molar refractivity (Wildman–Crippen MR) is 73.4 cm³/mol. The molecule has 2 aromatic carbocycles. The van der Waals surface area contributed by atoms with Crippen LogP contribution < -0.4 is 5.73 Å². The van der Waals surface area contributed by atoms with Gasteiger partial charge in [0.2, 0.25) is 0 Å². The van der Waals surface area contributed by atoms with Gasteiger partial charge in [-0.3, -0.25) is 0 Å². The number of halogens is 5. The molecule has 2 N–H and O–H groups in total. The molecule has 0 saturated heterocycles. The molecule has 0 bridgehead atoms. The van der Waals surface area contributed by atoms with Crippen LogP contribution in [0.3, 0.4) is 0 Å². The lowest BCUT2D eigenvalue weighted by Crippen LogP contribution is -2.16. The summed E-state index contributed by atoms with van der Waals surface area (Å²) in [5.74, 6) is -4.09. The SMILES string of the molecule is NC(Cc1c(Cl)cccc1Cl)c1ccc(F)c(F)c1F. The fourth-order valence-corrected chi connectivity index (χ4v) is 2.44. The van der Waals surface area contributed by atoms with Gasteiger partial charge in [0.25, 0.3) is 0 Å². The van der Waals surface area contributed by atoms with Crippen molar-refractivity contribution in [3.05, 3.63) is 69.0 Å². The third-order valence-electron chi connectivity index (χ3n) is 2.95. The first kappa shape index (κ1) is 15.2. The average Bonchev–Trinajstić information content (AvgIpc) is 2.40. The minimum Gasteiger partial charge on any atom is -0.324 e. The van der Waals surface area contributed by atoms with E-state index in [0.29, 0.717) is 15.6 Å². The molecular formula is C14H10Cl2F3N. The van der Waals surface area contributed by atoms with Crippen molar-refractivity contribution in [2.24, 2.45) is 5.73 Å². The van der Waals surface area contributed by atoms with Crippen molar-refractivity contribution in [1.29, 1.82) is 0 Å². The smallest absolute Gasteiger partial charge is 0.194 e. The Morgan fingerprint density at radius 2 is 1.55 bits per heavy atom. The molecule has 0 saturated carbocycles. The molecule has 2 aromatic rings. The van der Waals surface area contributed by atoms with Gasteiger partial charge in [-0.15, -0.1) is 0 Å². The van der Waals surface area contributed by atoms with Crippen LogP contribution in [0.5, 0.6) is 0 Å². The van der Waals surface area contributed by atoms with E-state index in [4.69, 9.17) is 28.9 Å². The van der Waals surface area contributed by atoms with Crippen molar-refractivity contribution in [3.8, 4) is 0 Å². The molecule has 0 aliphatic rings. The van der Waals surface area contributed by atoms with E-state index < -0.39 is 23.5 Å². The van der Waals surface area contributed by atoms with Gasteiger partial charge in [0.1, 0.15) is 0 Å². The zero-order valence-electron chi connectivity index (χ0n) is 10.1. The molecule has 0 spiro atoms. The number of nitrogens with two attached hydrogens (primary N) is 1. The van der Waals surface area contributed by atoms with Crippen LogP contribution in [0, 0.1) is 17.5 Å². The molecule has 1 unspecified atom stereocenters. The van der Waals surface area contributed by atoms with Crippen LogP contribution in [0.2, 0.25) is 10.0 Å². The van der Waals surface area contributed by atoms with Crippen LogP contribution in [-0.4, -0.2) is 0 Å². The first-order chi connectivity index (χ1) is 9.41. The second-order valence-electron chi connectivity index (χ2n) is 4.28. The molecule has 1 nitrogen and oxygen atoms in total. The van der Waals surface area contributed by atoms with Crippen molar-refractivity contribution < 1.29 is 13.2 Å². The first-order valence-corrected chi connectivity index (χ1v) is 6.49. The number of hydrogen-bond donors (Lipinski definition) is 1. The lowest BCUT2D eigenvalue weighted by atomic mass is 9.99. The molecule has 0 aliphatic carbocycles. The maximum atomic E-state index is 13.7. The highest BCUT2D eigenvalue weighted by Gasteiger charge is 2.20. The summed E-state index contributed by atoms with van der Waals surface area (Å²) in [7, 11) is 0. The largest absolute Gasteiger partial charge is 0.324 e. The normalized spacial score (nSPS) is 12.5. The Balaban J connectivity index is 2.34. The summed E-state index contributed by atoms with van der Waals surface area (Å²) in [6.07, 6.45) is 0.112. The highest BCUT2D eigenvalue weighted by molar-refractivity contribution is 6.36. The fourth-order valence-electron chi connectivity index (χ4n) is 1.88. The van der Waals surface area contributed by atoms with Gasteiger partial charge in [-0.2, -0.15) is 0 Å². The quantitative estimate of drug-likeness (QED) is 0.818. The second kappa shape index (κ2) is 6.04. The molecule has 0 heterocycles. The highest BCUT2D eigenvalue weighted by atomic mass is 35.5. The van der Waals surface area contributed by atoms with E-state index in [0.717, 1.165) is 12.1 Å². The summed E-state index contributed by atoms with van der Waals surface area (Å²) >= 11 is 12.0. The number of benzene rings is 2. The van der Waals surface area contributed by atoms with Gasteiger partial charge in [-0.05, 0) is 30.2 Å². The molecule has 106 valence electrons. The van der Waals surface area contributed by atoms with Crippen LogP contribution in [0.25, 0.3) is 0 Å². The predicted octanol–water partition coefficient (Wildman–Crippen LogP) is 4.65. The van der Waals surface area contributed by atoms with E-state index in [1.54, 1.807) is 18.2 Å². The minimum absolute atomic E-state index is 0.112. The van der Waals surface area contributed by atoms with E-state index >= 15 is 0 Å². The zero-order valence-corrected chi connectivity index (χ0v) is 11.7. The Morgan fingerprint density at radius 3 is 2.15 bits per heavy atom. The van der Waals surface area contributed by atoms with Gasteiger partial charge >= 0.3 is 0 Å². The Kier molecular flexibility index (Phi) is 4.58. The van der Waals surface area contributed by atoms with Gasteiger partial charge in [0.15, 0.2) is 17.5 Å². The van der Waals surface area contributed by atoms with Gasteiger partial charge in [-0.25, -0.2) is 13.2 Å².